The normalized spacial score (nSPS) is 16.8. The summed E-state index contributed by atoms with van der Waals surface area (Å²) in [5, 5.41) is 0.887. The summed E-state index contributed by atoms with van der Waals surface area (Å²) in [4.78, 5) is 40.8. The first-order valence-corrected chi connectivity index (χ1v) is 13.4. The van der Waals surface area contributed by atoms with Gasteiger partial charge in [-0.3, -0.25) is 14.6 Å². The molecular formula is C32H31N5O4. The Morgan fingerprint density at radius 3 is 2.27 bits per heavy atom. The summed E-state index contributed by atoms with van der Waals surface area (Å²) in [6.07, 6.45) is 3.63. The molecule has 2 atom stereocenters. The van der Waals surface area contributed by atoms with Gasteiger partial charge in [0.25, 0.3) is 5.91 Å². The number of carbonyl (C=O) groups excluding carboxylic acids is 2. The van der Waals surface area contributed by atoms with Crippen molar-refractivity contribution in [1.29, 1.82) is 0 Å². The standard InChI is InChI=1S/C32H31N5O4/c1-20-17-36(18-21(2)37(20)30(39)19-41-22(3)38)29-14-11-24(15-34-29)28-16-35-31-26(7-6-8-27(31)32(28)40-5)23-9-12-25(33-4)13-10-23/h6-16,20-21H,17-19H2,1-3,5H3/t20-,21+. The van der Waals surface area contributed by atoms with E-state index >= 15 is 0 Å². The molecule has 0 radical (unpaired) electrons. The second kappa shape index (κ2) is 11.6. The van der Waals surface area contributed by atoms with Gasteiger partial charge in [-0.15, -0.1) is 0 Å². The van der Waals surface area contributed by atoms with Crippen molar-refractivity contribution in [3.8, 4) is 28.0 Å². The smallest absolute Gasteiger partial charge is 0.303 e. The minimum Gasteiger partial charge on any atom is -0.495 e. The first-order valence-electron chi connectivity index (χ1n) is 13.4. The third-order valence-electron chi connectivity index (χ3n) is 7.35. The molecule has 41 heavy (non-hydrogen) atoms. The molecule has 2 aromatic heterocycles. The van der Waals surface area contributed by atoms with Crippen LogP contribution in [0.25, 0.3) is 38.0 Å². The maximum absolute atomic E-state index is 12.6. The van der Waals surface area contributed by atoms with Crippen molar-refractivity contribution in [2.45, 2.75) is 32.9 Å². The Morgan fingerprint density at radius 1 is 0.951 bits per heavy atom. The molecule has 4 aromatic rings. The van der Waals surface area contributed by atoms with Gasteiger partial charge in [-0.1, -0.05) is 36.4 Å². The first kappa shape index (κ1) is 27.6. The summed E-state index contributed by atoms with van der Waals surface area (Å²) in [6.45, 7) is 13.5. The Labute approximate surface area is 239 Å². The fourth-order valence-corrected chi connectivity index (χ4v) is 5.54. The number of esters is 1. The van der Waals surface area contributed by atoms with E-state index in [1.165, 1.54) is 6.92 Å². The number of fused-ring (bicyclic) bond motifs is 1. The minimum atomic E-state index is -0.465. The van der Waals surface area contributed by atoms with E-state index in [1.807, 2.05) is 80.8 Å². The van der Waals surface area contributed by atoms with Crippen LogP contribution in [0.4, 0.5) is 11.5 Å². The lowest BCUT2D eigenvalue weighted by molar-refractivity contribution is -0.152. The molecule has 1 fully saturated rings. The number of amides is 1. The molecule has 2 aromatic carbocycles. The fraction of sp³-hybridized carbons (Fsp3) is 0.281. The number of piperazine rings is 1. The van der Waals surface area contributed by atoms with Gasteiger partial charge >= 0.3 is 5.97 Å². The lowest BCUT2D eigenvalue weighted by Crippen LogP contribution is -2.59. The zero-order valence-electron chi connectivity index (χ0n) is 23.5. The highest BCUT2D eigenvalue weighted by Crippen LogP contribution is 2.39. The fourth-order valence-electron chi connectivity index (χ4n) is 5.54. The van der Waals surface area contributed by atoms with Gasteiger partial charge in [0.2, 0.25) is 0 Å². The van der Waals surface area contributed by atoms with Gasteiger partial charge in [0, 0.05) is 66.6 Å². The van der Waals surface area contributed by atoms with Crippen LogP contribution in [0, 0.1) is 6.57 Å². The Bertz CT molecular complexity index is 1620. The monoisotopic (exact) mass is 549 g/mol. The van der Waals surface area contributed by atoms with Gasteiger partial charge in [0.1, 0.15) is 11.6 Å². The lowest BCUT2D eigenvalue weighted by atomic mass is 9.99. The highest BCUT2D eigenvalue weighted by molar-refractivity contribution is 6.00. The number of hydrogen-bond donors (Lipinski definition) is 0. The van der Waals surface area contributed by atoms with Crippen molar-refractivity contribution in [1.82, 2.24) is 14.9 Å². The molecule has 9 nitrogen and oxygen atoms in total. The summed E-state index contributed by atoms with van der Waals surface area (Å²) in [7, 11) is 1.66. The summed E-state index contributed by atoms with van der Waals surface area (Å²) in [5.41, 5.74) is 5.07. The van der Waals surface area contributed by atoms with E-state index in [9.17, 15) is 9.59 Å². The number of ether oxygens (including phenoxy) is 2. The van der Waals surface area contributed by atoms with Crippen LogP contribution < -0.4 is 9.64 Å². The van der Waals surface area contributed by atoms with Crippen LogP contribution in [0.2, 0.25) is 0 Å². The maximum atomic E-state index is 12.6. The van der Waals surface area contributed by atoms with E-state index in [0.29, 0.717) is 24.5 Å². The predicted molar refractivity (Wildman–Crippen MR) is 158 cm³/mol. The number of aromatic nitrogens is 2. The number of hydrogen-bond acceptors (Lipinski definition) is 7. The van der Waals surface area contributed by atoms with Gasteiger partial charge in [0.05, 0.1) is 19.2 Å². The number of benzene rings is 2. The Hall–Kier alpha value is -4.97. The van der Waals surface area contributed by atoms with Crippen molar-refractivity contribution < 1.29 is 19.1 Å². The van der Waals surface area contributed by atoms with Gasteiger partial charge < -0.3 is 19.3 Å². The van der Waals surface area contributed by atoms with Crippen LogP contribution in [-0.4, -0.2) is 65.6 Å². The quantitative estimate of drug-likeness (QED) is 0.231. The average Bonchev–Trinajstić information content (AvgIpc) is 2.98. The van der Waals surface area contributed by atoms with Crippen molar-refractivity contribution >= 4 is 34.3 Å². The Kier molecular flexibility index (Phi) is 7.83. The third kappa shape index (κ3) is 5.54. The zero-order valence-corrected chi connectivity index (χ0v) is 23.5. The molecule has 0 aliphatic carbocycles. The summed E-state index contributed by atoms with van der Waals surface area (Å²) < 4.78 is 10.8. The molecule has 0 spiro atoms. The van der Waals surface area contributed by atoms with Crippen molar-refractivity contribution in [2.24, 2.45) is 0 Å². The van der Waals surface area contributed by atoms with E-state index in [-0.39, 0.29) is 24.6 Å². The lowest BCUT2D eigenvalue weighted by Gasteiger charge is -2.44. The molecule has 1 amide bonds. The van der Waals surface area contributed by atoms with Crippen LogP contribution >= 0.6 is 0 Å². The number of anilines is 1. The number of carbonyl (C=O) groups is 2. The van der Waals surface area contributed by atoms with Crippen molar-refractivity contribution in [3.63, 3.8) is 0 Å². The van der Waals surface area contributed by atoms with Crippen molar-refractivity contribution in [3.05, 3.63) is 78.4 Å². The number of methoxy groups -OCH3 is 1. The summed E-state index contributed by atoms with van der Waals surface area (Å²) in [5.74, 6) is 0.874. The third-order valence-corrected chi connectivity index (χ3v) is 7.35. The molecule has 3 heterocycles. The highest BCUT2D eigenvalue weighted by Gasteiger charge is 2.33. The van der Waals surface area contributed by atoms with Crippen LogP contribution in [0.1, 0.15) is 20.8 Å². The minimum absolute atomic E-state index is 0.0696. The maximum Gasteiger partial charge on any atom is 0.303 e. The largest absolute Gasteiger partial charge is 0.495 e. The molecule has 0 bridgehead atoms. The molecule has 1 aliphatic heterocycles. The molecule has 0 saturated carbocycles. The Morgan fingerprint density at radius 2 is 1.66 bits per heavy atom. The second-order valence-electron chi connectivity index (χ2n) is 10.2. The first-order chi connectivity index (χ1) is 19.8. The van der Waals surface area contributed by atoms with E-state index in [0.717, 1.165) is 39.0 Å². The van der Waals surface area contributed by atoms with Crippen LogP contribution in [0.5, 0.6) is 5.75 Å². The number of para-hydroxylation sites is 1. The van der Waals surface area contributed by atoms with Crippen LogP contribution in [0.15, 0.2) is 67.0 Å². The number of rotatable bonds is 6. The molecule has 5 rings (SSSR count). The van der Waals surface area contributed by atoms with Gasteiger partial charge in [-0.2, -0.15) is 0 Å². The topological polar surface area (TPSA) is 89.2 Å². The molecule has 9 heteroatoms. The van der Waals surface area contributed by atoms with Crippen molar-refractivity contribution in [2.75, 3.05) is 31.7 Å². The molecule has 0 unspecified atom stereocenters. The van der Waals surface area contributed by atoms with Crippen LogP contribution in [0.3, 0.4) is 0 Å². The SMILES string of the molecule is [C-]#[N+]c1ccc(-c2cccc3c(OC)c(-c4ccc(N5C[C@@H](C)N(C(=O)COC(C)=O)[C@@H](C)C5)nc4)cnc23)cc1. The van der Waals surface area contributed by atoms with Gasteiger partial charge in [-0.25, -0.2) is 9.83 Å². The van der Waals surface area contributed by atoms with E-state index in [4.69, 9.17) is 26.0 Å². The van der Waals surface area contributed by atoms with Gasteiger partial charge in [-0.05, 0) is 37.6 Å². The molecule has 1 aliphatic rings. The number of pyridine rings is 2. The predicted octanol–water partition coefficient (Wildman–Crippen LogP) is 5.51. The molecule has 208 valence electrons. The molecule has 0 N–H and O–H groups in total. The molecule has 1 saturated heterocycles. The van der Waals surface area contributed by atoms with E-state index in [2.05, 4.69) is 9.74 Å². The second-order valence-corrected chi connectivity index (χ2v) is 10.2. The zero-order chi connectivity index (χ0) is 29.1. The summed E-state index contributed by atoms with van der Waals surface area (Å²) >= 11 is 0. The molecular weight excluding hydrogens is 518 g/mol. The average molecular weight is 550 g/mol. The highest BCUT2D eigenvalue weighted by atomic mass is 16.5. The van der Waals surface area contributed by atoms with Gasteiger partial charge in [0.15, 0.2) is 12.3 Å². The van der Waals surface area contributed by atoms with E-state index < -0.39 is 5.97 Å². The van der Waals surface area contributed by atoms with E-state index in [1.54, 1.807) is 12.0 Å². The Balaban J connectivity index is 1.39. The summed E-state index contributed by atoms with van der Waals surface area (Å²) in [6, 6.07) is 17.3. The number of nitrogens with zero attached hydrogens (tertiary/aromatic N) is 5. The van der Waals surface area contributed by atoms with Crippen LogP contribution in [-0.2, 0) is 14.3 Å².